The van der Waals surface area contributed by atoms with Gasteiger partial charge in [-0.2, -0.15) is 0 Å². The highest BCUT2D eigenvalue weighted by Gasteiger charge is 2.10. The van der Waals surface area contributed by atoms with Gasteiger partial charge in [0.1, 0.15) is 5.82 Å². The van der Waals surface area contributed by atoms with Gasteiger partial charge in [-0.25, -0.2) is 9.37 Å². The normalized spacial score (nSPS) is 10.7. The monoisotopic (exact) mass is 285 g/mol. The van der Waals surface area contributed by atoms with Crippen molar-refractivity contribution in [3.8, 4) is 0 Å². The van der Waals surface area contributed by atoms with Gasteiger partial charge in [0.15, 0.2) is 5.13 Å². The number of fused-ring (bicyclic) bond motifs is 1. The number of halogens is 1. The molecule has 1 N–H and O–H groups in total. The highest BCUT2D eigenvalue weighted by Crippen LogP contribution is 2.26. The molecule has 2 aromatic carbocycles. The summed E-state index contributed by atoms with van der Waals surface area (Å²) in [5.74, 6) is -0.655. The molecular formula is C15H11FN2OS. The Hall–Kier alpha value is -2.27. The van der Waals surface area contributed by atoms with E-state index in [1.807, 2.05) is 25.1 Å². The second-order valence-corrected chi connectivity index (χ2v) is 5.48. The summed E-state index contributed by atoms with van der Waals surface area (Å²) in [6.07, 6.45) is 0. The van der Waals surface area contributed by atoms with Crippen molar-refractivity contribution in [3.63, 3.8) is 0 Å². The summed E-state index contributed by atoms with van der Waals surface area (Å²) in [5.41, 5.74) is 2.41. The number of hydrogen-bond donors (Lipinski definition) is 1. The molecule has 3 nitrogen and oxygen atoms in total. The van der Waals surface area contributed by atoms with Crippen LogP contribution in [-0.4, -0.2) is 10.9 Å². The first-order valence-electron chi connectivity index (χ1n) is 6.06. The third-order valence-electron chi connectivity index (χ3n) is 2.87. The molecular weight excluding hydrogens is 274 g/mol. The highest BCUT2D eigenvalue weighted by atomic mass is 32.1. The largest absolute Gasteiger partial charge is 0.298 e. The average Bonchev–Trinajstić information content (AvgIpc) is 2.80. The molecule has 0 fully saturated rings. The van der Waals surface area contributed by atoms with Crippen molar-refractivity contribution in [1.29, 1.82) is 0 Å². The van der Waals surface area contributed by atoms with Gasteiger partial charge < -0.3 is 0 Å². The van der Waals surface area contributed by atoms with Gasteiger partial charge in [-0.1, -0.05) is 17.4 Å². The Morgan fingerprint density at radius 2 is 1.95 bits per heavy atom. The summed E-state index contributed by atoms with van der Waals surface area (Å²) in [6, 6.07) is 11.3. The molecule has 0 unspecified atom stereocenters. The van der Waals surface area contributed by atoms with Crippen LogP contribution in [0.4, 0.5) is 9.52 Å². The second kappa shape index (κ2) is 5.02. The van der Waals surface area contributed by atoms with Crippen LogP contribution in [0.15, 0.2) is 42.5 Å². The maximum Gasteiger partial charge on any atom is 0.257 e. The number of nitrogens with one attached hydrogen (secondary N) is 1. The van der Waals surface area contributed by atoms with E-state index >= 15 is 0 Å². The van der Waals surface area contributed by atoms with Gasteiger partial charge in [-0.3, -0.25) is 10.1 Å². The summed E-state index contributed by atoms with van der Waals surface area (Å²) in [6.45, 7) is 2.01. The van der Waals surface area contributed by atoms with E-state index in [1.165, 1.54) is 35.6 Å². The van der Waals surface area contributed by atoms with Gasteiger partial charge >= 0.3 is 0 Å². The van der Waals surface area contributed by atoms with Crippen LogP contribution in [0.5, 0.6) is 0 Å². The van der Waals surface area contributed by atoms with E-state index in [2.05, 4.69) is 10.3 Å². The molecule has 0 aliphatic rings. The molecule has 0 spiro atoms. The zero-order valence-corrected chi connectivity index (χ0v) is 11.5. The van der Waals surface area contributed by atoms with E-state index in [0.717, 1.165) is 15.8 Å². The van der Waals surface area contributed by atoms with Crippen molar-refractivity contribution in [2.45, 2.75) is 6.92 Å². The number of benzene rings is 2. The minimum Gasteiger partial charge on any atom is -0.298 e. The zero-order chi connectivity index (χ0) is 14.1. The van der Waals surface area contributed by atoms with Crippen molar-refractivity contribution >= 4 is 32.6 Å². The molecule has 0 radical (unpaired) electrons. The van der Waals surface area contributed by atoms with Crippen LogP contribution in [-0.2, 0) is 0 Å². The zero-order valence-electron chi connectivity index (χ0n) is 10.7. The maximum atomic E-state index is 12.8. The van der Waals surface area contributed by atoms with Crippen molar-refractivity contribution in [2.24, 2.45) is 0 Å². The van der Waals surface area contributed by atoms with Crippen LogP contribution in [0.3, 0.4) is 0 Å². The number of nitrogens with zero attached hydrogens (tertiary/aromatic N) is 1. The number of hydrogen-bond acceptors (Lipinski definition) is 3. The summed E-state index contributed by atoms with van der Waals surface area (Å²) in [7, 11) is 0. The third kappa shape index (κ3) is 2.53. The molecule has 100 valence electrons. The van der Waals surface area contributed by atoms with Gasteiger partial charge in [0.05, 0.1) is 10.2 Å². The quantitative estimate of drug-likeness (QED) is 0.773. The third-order valence-corrected chi connectivity index (χ3v) is 3.80. The fourth-order valence-corrected chi connectivity index (χ4v) is 2.81. The second-order valence-electron chi connectivity index (χ2n) is 4.45. The van der Waals surface area contributed by atoms with Crippen LogP contribution in [0.25, 0.3) is 10.2 Å². The first kappa shape index (κ1) is 12.7. The van der Waals surface area contributed by atoms with Gasteiger partial charge in [0.25, 0.3) is 5.91 Å². The Bertz CT molecular complexity index is 780. The van der Waals surface area contributed by atoms with Crippen LogP contribution in [0.2, 0.25) is 0 Å². The molecule has 0 atom stereocenters. The first-order valence-corrected chi connectivity index (χ1v) is 6.87. The molecule has 0 aliphatic heterocycles. The van der Waals surface area contributed by atoms with E-state index in [4.69, 9.17) is 0 Å². The minimum absolute atomic E-state index is 0.291. The van der Waals surface area contributed by atoms with E-state index in [1.54, 1.807) is 0 Å². The predicted molar refractivity (Wildman–Crippen MR) is 78.7 cm³/mol. The van der Waals surface area contributed by atoms with E-state index in [-0.39, 0.29) is 11.7 Å². The molecule has 0 saturated carbocycles. The van der Waals surface area contributed by atoms with Crippen molar-refractivity contribution < 1.29 is 9.18 Å². The number of carbonyl (C=O) groups excluding carboxylic acids is 1. The smallest absolute Gasteiger partial charge is 0.257 e. The average molecular weight is 285 g/mol. The van der Waals surface area contributed by atoms with Gasteiger partial charge in [-0.05, 0) is 48.9 Å². The van der Waals surface area contributed by atoms with Crippen LogP contribution >= 0.6 is 11.3 Å². The lowest BCUT2D eigenvalue weighted by Gasteiger charge is -2.00. The van der Waals surface area contributed by atoms with Crippen molar-refractivity contribution in [1.82, 2.24) is 4.98 Å². The number of amides is 1. The fraction of sp³-hybridized carbons (Fsp3) is 0.0667. The van der Waals surface area contributed by atoms with Crippen molar-refractivity contribution in [2.75, 3.05) is 5.32 Å². The lowest BCUT2D eigenvalue weighted by atomic mass is 10.2. The molecule has 1 amide bonds. The number of anilines is 1. The first-order chi connectivity index (χ1) is 9.61. The number of thiazole rings is 1. The Morgan fingerprint density at radius 3 is 2.70 bits per heavy atom. The molecule has 20 heavy (non-hydrogen) atoms. The van der Waals surface area contributed by atoms with Crippen LogP contribution in [0, 0.1) is 12.7 Å². The van der Waals surface area contributed by atoms with E-state index in [9.17, 15) is 9.18 Å². The number of carbonyl (C=O) groups is 1. The lowest BCUT2D eigenvalue weighted by molar-refractivity contribution is 0.102. The summed E-state index contributed by atoms with van der Waals surface area (Å²) < 4.78 is 13.8. The Kier molecular flexibility index (Phi) is 3.20. The predicted octanol–water partition coefficient (Wildman–Crippen LogP) is 4.00. The SMILES string of the molecule is Cc1ccc2nc(NC(=O)c3ccc([18F])cc3)sc2c1. The van der Waals surface area contributed by atoms with Crippen LogP contribution < -0.4 is 5.32 Å². The molecule has 0 saturated heterocycles. The summed E-state index contributed by atoms with van der Waals surface area (Å²) in [5, 5.41) is 3.27. The maximum absolute atomic E-state index is 12.8. The van der Waals surface area contributed by atoms with Gasteiger partial charge in [0, 0.05) is 5.56 Å². The Labute approximate surface area is 119 Å². The highest BCUT2D eigenvalue weighted by molar-refractivity contribution is 7.22. The standard InChI is InChI=1S/C15H11FN2OS/c1-9-2-7-12-13(8-9)20-15(17-12)18-14(19)10-3-5-11(16)6-4-10/h2-8H,1H3,(H,17,18,19)/i16-1. The number of rotatable bonds is 2. The van der Waals surface area contributed by atoms with Gasteiger partial charge in [0.2, 0.25) is 0 Å². The van der Waals surface area contributed by atoms with E-state index < -0.39 is 0 Å². The fourth-order valence-electron chi connectivity index (χ4n) is 1.86. The summed E-state index contributed by atoms with van der Waals surface area (Å²) in [4.78, 5) is 16.4. The molecule has 1 aromatic heterocycles. The molecule has 3 aromatic rings. The molecule has 1 heterocycles. The number of aryl methyl sites for hydroxylation is 1. The Balaban J connectivity index is 1.85. The molecule has 0 bridgehead atoms. The van der Waals surface area contributed by atoms with E-state index in [0.29, 0.717) is 10.7 Å². The molecule has 3 rings (SSSR count). The van der Waals surface area contributed by atoms with Crippen LogP contribution in [0.1, 0.15) is 15.9 Å². The molecule has 0 aliphatic carbocycles. The van der Waals surface area contributed by atoms with Gasteiger partial charge in [-0.15, -0.1) is 0 Å². The minimum atomic E-state index is -0.364. The topological polar surface area (TPSA) is 42.0 Å². The molecule has 5 heteroatoms. The Morgan fingerprint density at radius 1 is 1.20 bits per heavy atom. The number of aromatic nitrogens is 1. The summed E-state index contributed by atoms with van der Waals surface area (Å²) >= 11 is 1.42. The van der Waals surface area contributed by atoms with Crippen molar-refractivity contribution in [3.05, 3.63) is 59.4 Å². The lowest BCUT2D eigenvalue weighted by Crippen LogP contribution is -2.11.